The van der Waals surface area contributed by atoms with Crippen LogP contribution in [0.2, 0.25) is 0 Å². The molecule has 0 amide bonds. The first kappa shape index (κ1) is 13.4. The molecule has 3 heterocycles. The van der Waals surface area contributed by atoms with Crippen molar-refractivity contribution in [1.82, 2.24) is 14.6 Å². The number of fused-ring (bicyclic) bond motifs is 1. The van der Waals surface area contributed by atoms with E-state index < -0.39 is 0 Å². The summed E-state index contributed by atoms with van der Waals surface area (Å²) >= 11 is 0. The minimum Gasteiger partial charge on any atom is -0.350 e. The van der Waals surface area contributed by atoms with Gasteiger partial charge in [0, 0.05) is 31.5 Å². The maximum atomic E-state index is 5.96. The number of aromatic nitrogens is 3. The molecule has 0 aromatic carbocycles. The summed E-state index contributed by atoms with van der Waals surface area (Å²) in [6.07, 6.45) is 4.92. The summed E-state index contributed by atoms with van der Waals surface area (Å²) in [6, 6.07) is 2.54. The van der Waals surface area contributed by atoms with E-state index in [2.05, 4.69) is 41.8 Å². The maximum absolute atomic E-state index is 5.96. The van der Waals surface area contributed by atoms with Gasteiger partial charge >= 0.3 is 0 Å². The zero-order valence-electron chi connectivity index (χ0n) is 12.5. The zero-order valence-corrected chi connectivity index (χ0v) is 12.5. The first-order valence-electron chi connectivity index (χ1n) is 7.42. The Labute approximate surface area is 119 Å². The fraction of sp³-hybridized carbons (Fsp3) is 0.600. The Kier molecular flexibility index (Phi) is 3.38. The molecule has 0 radical (unpaired) electrons. The normalized spacial score (nSPS) is 23.1. The molecule has 0 spiro atoms. The quantitative estimate of drug-likeness (QED) is 0.929. The smallest absolute Gasteiger partial charge is 0.154 e. The molecule has 1 aliphatic heterocycles. The Hall–Kier alpha value is -1.62. The second kappa shape index (κ2) is 5.05. The SMILES string of the molecule is CC(C)c1cc2c(N3CCC(C)C3CN)nccn2n1. The average molecular weight is 273 g/mol. The number of nitrogens with two attached hydrogens (primary N) is 1. The van der Waals surface area contributed by atoms with E-state index >= 15 is 0 Å². The number of anilines is 1. The summed E-state index contributed by atoms with van der Waals surface area (Å²) in [7, 11) is 0. The Morgan fingerprint density at radius 2 is 2.25 bits per heavy atom. The fourth-order valence-electron chi connectivity index (χ4n) is 3.06. The summed E-state index contributed by atoms with van der Waals surface area (Å²) in [6.45, 7) is 8.30. The van der Waals surface area contributed by atoms with Crippen LogP contribution in [0.25, 0.3) is 5.52 Å². The lowest BCUT2D eigenvalue weighted by atomic mass is 10.0. The van der Waals surface area contributed by atoms with E-state index in [-0.39, 0.29) is 0 Å². The molecular formula is C15H23N5. The molecule has 108 valence electrons. The van der Waals surface area contributed by atoms with Gasteiger partial charge in [0.1, 0.15) is 5.52 Å². The van der Waals surface area contributed by atoms with E-state index in [9.17, 15) is 0 Å². The van der Waals surface area contributed by atoms with E-state index in [1.807, 2.05) is 16.9 Å². The lowest BCUT2D eigenvalue weighted by molar-refractivity contribution is 0.517. The van der Waals surface area contributed by atoms with Gasteiger partial charge in [-0.25, -0.2) is 9.50 Å². The van der Waals surface area contributed by atoms with Crippen molar-refractivity contribution in [2.45, 2.75) is 39.2 Å². The number of nitrogens with zero attached hydrogens (tertiary/aromatic N) is 4. The van der Waals surface area contributed by atoms with Crippen molar-refractivity contribution >= 4 is 11.3 Å². The van der Waals surface area contributed by atoms with Crippen molar-refractivity contribution in [2.24, 2.45) is 11.7 Å². The van der Waals surface area contributed by atoms with Gasteiger partial charge < -0.3 is 10.6 Å². The van der Waals surface area contributed by atoms with Crippen LogP contribution in [-0.2, 0) is 0 Å². The highest BCUT2D eigenvalue weighted by atomic mass is 15.3. The summed E-state index contributed by atoms with van der Waals surface area (Å²) in [5.41, 5.74) is 8.15. The van der Waals surface area contributed by atoms with Crippen molar-refractivity contribution < 1.29 is 0 Å². The van der Waals surface area contributed by atoms with E-state index in [1.165, 1.54) is 6.42 Å². The minimum absolute atomic E-state index is 0.381. The van der Waals surface area contributed by atoms with Crippen LogP contribution in [0.1, 0.15) is 38.8 Å². The molecule has 0 saturated carbocycles. The van der Waals surface area contributed by atoms with Crippen LogP contribution < -0.4 is 10.6 Å². The van der Waals surface area contributed by atoms with Gasteiger partial charge in [0.05, 0.1) is 5.69 Å². The molecule has 2 aromatic rings. The monoisotopic (exact) mass is 273 g/mol. The summed E-state index contributed by atoms with van der Waals surface area (Å²) in [5.74, 6) is 2.06. The molecule has 5 heteroatoms. The first-order valence-corrected chi connectivity index (χ1v) is 7.42. The van der Waals surface area contributed by atoms with Gasteiger partial charge in [-0.3, -0.25) is 0 Å². The van der Waals surface area contributed by atoms with Gasteiger partial charge in [0.15, 0.2) is 5.82 Å². The van der Waals surface area contributed by atoms with Crippen LogP contribution in [0.4, 0.5) is 5.82 Å². The average Bonchev–Trinajstić information content (AvgIpc) is 3.01. The molecule has 1 saturated heterocycles. The maximum Gasteiger partial charge on any atom is 0.154 e. The minimum atomic E-state index is 0.381. The Balaban J connectivity index is 2.07. The second-order valence-electron chi connectivity index (χ2n) is 6.07. The summed E-state index contributed by atoms with van der Waals surface area (Å²) in [4.78, 5) is 6.96. The lowest BCUT2D eigenvalue weighted by Gasteiger charge is -2.27. The highest BCUT2D eigenvalue weighted by Gasteiger charge is 2.32. The van der Waals surface area contributed by atoms with Gasteiger partial charge in [0.2, 0.25) is 0 Å². The Bertz CT molecular complexity index is 603. The highest BCUT2D eigenvalue weighted by Crippen LogP contribution is 2.31. The van der Waals surface area contributed by atoms with Crippen LogP contribution in [0.15, 0.2) is 18.5 Å². The topological polar surface area (TPSA) is 59.5 Å². The Morgan fingerprint density at radius 3 is 2.95 bits per heavy atom. The molecule has 2 unspecified atom stereocenters. The molecular weight excluding hydrogens is 250 g/mol. The molecule has 5 nitrogen and oxygen atoms in total. The predicted molar refractivity (Wildman–Crippen MR) is 81.0 cm³/mol. The van der Waals surface area contributed by atoms with Crippen LogP contribution in [0.5, 0.6) is 0 Å². The predicted octanol–water partition coefficient (Wildman–Crippen LogP) is 2.03. The van der Waals surface area contributed by atoms with Gasteiger partial charge in [0.25, 0.3) is 0 Å². The standard InChI is InChI=1S/C15H23N5/c1-10(2)12-8-13-15(17-5-7-20(13)18-12)19-6-4-11(3)14(19)9-16/h5,7-8,10-11,14H,4,6,9,16H2,1-3H3. The van der Waals surface area contributed by atoms with Crippen LogP contribution >= 0.6 is 0 Å². The molecule has 3 rings (SSSR count). The van der Waals surface area contributed by atoms with Crippen LogP contribution in [-0.4, -0.2) is 33.7 Å². The lowest BCUT2D eigenvalue weighted by Crippen LogP contribution is -2.39. The Morgan fingerprint density at radius 1 is 1.45 bits per heavy atom. The first-order chi connectivity index (χ1) is 9.61. The van der Waals surface area contributed by atoms with Crippen LogP contribution in [0, 0.1) is 5.92 Å². The van der Waals surface area contributed by atoms with E-state index in [4.69, 9.17) is 5.73 Å². The van der Waals surface area contributed by atoms with Gasteiger partial charge in [-0.1, -0.05) is 20.8 Å². The van der Waals surface area contributed by atoms with Crippen molar-refractivity contribution in [2.75, 3.05) is 18.0 Å². The number of hydrogen-bond donors (Lipinski definition) is 1. The van der Waals surface area contributed by atoms with Crippen LogP contribution in [0.3, 0.4) is 0 Å². The van der Waals surface area contributed by atoms with Crippen molar-refractivity contribution in [3.05, 3.63) is 24.2 Å². The molecule has 2 aromatic heterocycles. The number of rotatable bonds is 3. The third kappa shape index (κ3) is 2.06. The van der Waals surface area contributed by atoms with Gasteiger partial charge in [-0.05, 0) is 24.3 Å². The zero-order chi connectivity index (χ0) is 14.3. The largest absolute Gasteiger partial charge is 0.350 e. The third-order valence-electron chi connectivity index (χ3n) is 4.38. The summed E-state index contributed by atoms with van der Waals surface area (Å²) in [5, 5.41) is 4.63. The van der Waals surface area contributed by atoms with E-state index in [0.29, 0.717) is 24.4 Å². The van der Waals surface area contributed by atoms with Crippen molar-refractivity contribution in [3.8, 4) is 0 Å². The van der Waals surface area contributed by atoms with Gasteiger partial charge in [-0.2, -0.15) is 5.10 Å². The number of hydrogen-bond acceptors (Lipinski definition) is 4. The van der Waals surface area contributed by atoms with E-state index in [0.717, 1.165) is 23.6 Å². The third-order valence-corrected chi connectivity index (χ3v) is 4.38. The molecule has 2 atom stereocenters. The molecule has 20 heavy (non-hydrogen) atoms. The van der Waals surface area contributed by atoms with Gasteiger partial charge in [-0.15, -0.1) is 0 Å². The molecule has 0 aliphatic carbocycles. The molecule has 1 fully saturated rings. The molecule has 0 bridgehead atoms. The van der Waals surface area contributed by atoms with Crippen molar-refractivity contribution in [3.63, 3.8) is 0 Å². The summed E-state index contributed by atoms with van der Waals surface area (Å²) < 4.78 is 1.94. The molecule has 1 aliphatic rings. The molecule has 2 N–H and O–H groups in total. The van der Waals surface area contributed by atoms with Crippen molar-refractivity contribution in [1.29, 1.82) is 0 Å². The van der Waals surface area contributed by atoms with E-state index in [1.54, 1.807) is 0 Å². The fourth-order valence-corrected chi connectivity index (χ4v) is 3.06. The highest BCUT2D eigenvalue weighted by molar-refractivity contribution is 5.70. The second-order valence-corrected chi connectivity index (χ2v) is 6.07.